The fourth-order valence-electron chi connectivity index (χ4n) is 2.13. The van der Waals surface area contributed by atoms with E-state index in [0.29, 0.717) is 12.1 Å². The van der Waals surface area contributed by atoms with Gasteiger partial charge in [-0.2, -0.15) is 0 Å². The van der Waals surface area contributed by atoms with Crippen molar-refractivity contribution in [2.45, 2.75) is 59.0 Å². The van der Waals surface area contributed by atoms with Crippen LogP contribution < -0.4 is 5.32 Å². The number of likely N-dealkylation sites (N-methyl/N-ethyl adjacent to an activating group) is 1. The third-order valence-corrected chi connectivity index (χ3v) is 3.26. The van der Waals surface area contributed by atoms with Crippen LogP contribution in [-0.2, 0) is 4.74 Å². The van der Waals surface area contributed by atoms with Crippen molar-refractivity contribution in [3.05, 3.63) is 0 Å². The molecule has 0 saturated heterocycles. The second-order valence-corrected chi connectivity index (χ2v) is 4.93. The van der Waals surface area contributed by atoms with Crippen molar-refractivity contribution in [2.75, 3.05) is 33.4 Å². The first-order chi connectivity index (χ1) is 8.15. The molecule has 0 saturated carbocycles. The smallest absolute Gasteiger partial charge is 0.0615 e. The van der Waals surface area contributed by atoms with E-state index in [2.05, 4.69) is 37.9 Å². The summed E-state index contributed by atoms with van der Waals surface area (Å²) in [4.78, 5) is 2.50. The van der Waals surface area contributed by atoms with E-state index in [1.807, 2.05) is 0 Å². The fraction of sp³-hybridized carbons (Fsp3) is 1.00. The van der Waals surface area contributed by atoms with Gasteiger partial charge in [0.2, 0.25) is 0 Å². The van der Waals surface area contributed by atoms with Crippen LogP contribution in [-0.4, -0.2) is 50.3 Å². The lowest BCUT2D eigenvalue weighted by Crippen LogP contribution is -2.37. The zero-order chi connectivity index (χ0) is 13.1. The Morgan fingerprint density at radius 2 is 1.94 bits per heavy atom. The molecule has 0 fully saturated rings. The van der Waals surface area contributed by atoms with Gasteiger partial charge in [0, 0.05) is 19.2 Å². The van der Waals surface area contributed by atoms with E-state index >= 15 is 0 Å². The molecule has 3 heteroatoms. The largest absolute Gasteiger partial charge is 0.383 e. The fourth-order valence-corrected chi connectivity index (χ4v) is 2.13. The summed E-state index contributed by atoms with van der Waals surface area (Å²) >= 11 is 0. The van der Waals surface area contributed by atoms with Crippen molar-refractivity contribution in [3.8, 4) is 0 Å². The van der Waals surface area contributed by atoms with E-state index in [9.17, 15) is 0 Å². The van der Waals surface area contributed by atoms with E-state index < -0.39 is 0 Å². The van der Waals surface area contributed by atoms with Crippen LogP contribution in [0.2, 0.25) is 0 Å². The molecule has 0 aliphatic carbocycles. The van der Waals surface area contributed by atoms with Crippen molar-refractivity contribution in [1.82, 2.24) is 10.2 Å². The summed E-state index contributed by atoms with van der Waals surface area (Å²) in [5.41, 5.74) is 0. The molecule has 0 aliphatic heterocycles. The Labute approximate surface area is 108 Å². The van der Waals surface area contributed by atoms with E-state index in [4.69, 9.17) is 4.74 Å². The summed E-state index contributed by atoms with van der Waals surface area (Å²) < 4.78 is 5.21. The molecule has 1 N–H and O–H groups in total. The van der Waals surface area contributed by atoms with Crippen molar-refractivity contribution < 1.29 is 4.74 Å². The number of nitrogens with one attached hydrogen (secondary N) is 1. The van der Waals surface area contributed by atoms with Gasteiger partial charge in [-0.25, -0.2) is 0 Å². The quantitative estimate of drug-likeness (QED) is 0.604. The molecule has 0 heterocycles. The van der Waals surface area contributed by atoms with E-state index in [1.165, 1.54) is 25.8 Å². The topological polar surface area (TPSA) is 24.5 Å². The molecule has 0 aromatic carbocycles. The summed E-state index contributed by atoms with van der Waals surface area (Å²) in [6, 6.07) is 1.18. The molecule has 2 atom stereocenters. The number of nitrogens with zero attached hydrogens (tertiary/aromatic N) is 1. The molecule has 3 nitrogen and oxygen atoms in total. The average molecular weight is 244 g/mol. The molecule has 0 rings (SSSR count). The maximum absolute atomic E-state index is 5.21. The summed E-state index contributed by atoms with van der Waals surface area (Å²) in [6.45, 7) is 13.2. The van der Waals surface area contributed by atoms with Crippen LogP contribution in [0.25, 0.3) is 0 Å². The number of rotatable bonds is 11. The lowest BCUT2D eigenvalue weighted by molar-refractivity contribution is 0.101. The molecule has 17 heavy (non-hydrogen) atoms. The highest BCUT2D eigenvalue weighted by molar-refractivity contribution is 4.67. The average Bonchev–Trinajstić information content (AvgIpc) is 2.32. The Balaban J connectivity index is 3.68. The summed E-state index contributed by atoms with van der Waals surface area (Å²) in [5, 5.41) is 3.54. The van der Waals surface area contributed by atoms with Crippen molar-refractivity contribution in [1.29, 1.82) is 0 Å². The molecule has 0 amide bonds. The molecular formula is C14H32N2O. The van der Waals surface area contributed by atoms with Crippen LogP contribution in [0.5, 0.6) is 0 Å². The Hall–Kier alpha value is -0.120. The third kappa shape index (κ3) is 8.58. The summed E-state index contributed by atoms with van der Waals surface area (Å²) in [5.74, 6) is 0. The highest BCUT2D eigenvalue weighted by atomic mass is 16.5. The molecule has 0 aromatic rings. The second-order valence-electron chi connectivity index (χ2n) is 4.93. The van der Waals surface area contributed by atoms with Gasteiger partial charge in [0.25, 0.3) is 0 Å². The van der Waals surface area contributed by atoms with Gasteiger partial charge in [-0.15, -0.1) is 0 Å². The minimum atomic E-state index is 0.531. The first-order valence-corrected chi connectivity index (χ1v) is 7.12. The molecular weight excluding hydrogens is 212 g/mol. The molecule has 2 unspecified atom stereocenters. The molecule has 104 valence electrons. The maximum atomic E-state index is 5.21. The van der Waals surface area contributed by atoms with Crippen LogP contribution in [0.1, 0.15) is 47.0 Å². The number of hydrogen-bond donors (Lipinski definition) is 1. The monoisotopic (exact) mass is 244 g/mol. The predicted octanol–water partition coefficient (Wildman–Crippen LogP) is 2.51. The van der Waals surface area contributed by atoms with Crippen LogP contribution in [0.4, 0.5) is 0 Å². The Morgan fingerprint density at radius 3 is 2.47 bits per heavy atom. The van der Waals surface area contributed by atoms with Gasteiger partial charge in [-0.05, 0) is 52.7 Å². The second kappa shape index (κ2) is 11.0. The normalized spacial score (nSPS) is 15.2. The van der Waals surface area contributed by atoms with Gasteiger partial charge in [0.15, 0.2) is 0 Å². The van der Waals surface area contributed by atoms with Crippen LogP contribution in [0.15, 0.2) is 0 Å². The van der Waals surface area contributed by atoms with Gasteiger partial charge in [-0.1, -0.05) is 13.8 Å². The minimum Gasteiger partial charge on any atom is -0.383 e. The standard InChI is InChI=1S/C14H32N2O/c1-6-10-15-13(3)9-8-11-16(7-2)14(4)12-17-5/h13-15H,6-12H2,1-5H3. The number of hydrogen-bond acceptors (Lipinski definition) is 3. The molecule has 0 bridgehead atoms. The predicted molar refractivity (Wildman–Crippen MR) is 75.6 cm³/mol. The molecule has 0 spiro atoms. The SMILES string of the molecule is CCCNC(C)CCCN(CC)C(C)COC. The van der Waals surface area contributed by atoms with Gasteiger partial charge in [0.05, 0.1) is 6.61 Å². The third-order valence-electron chi connectivity index (χ3n) is 3.26. The van der Waals surface area contributed by atoms with Gasteiger partial charge in [0.1, 0.15) is 0 Å². The maximum Gasteiger partial charge on any atom is 0.0615 e. The molecule has 0 aromatic heterocycles. The van der Waals surface area contributed by atoms with Crippen LogP contribution >= 0.6 is 0 Å². The first kappa shape index (κ1) is 16.9. The summed E-state index contributed by atoms with van der Waals surface area (Å²) in [7, 11) is 1.78. The van der Waals surface area contributed by atoms with E-state index in [1.54, 1.807) is 7.11 Å². The number of ether oxygens (including phenoxy) is 1. The Morgan fingerprint density at radius 1 is 1.24 bits per heavy atom. The highest BCUT2D eigenvalue weighted by Crippen LogP contribution is 2.04. The van der Waals surface area contributed by atoms with Crippen molar-refractivity contribution in [2.24, 2.45) is 0 Å². The zero-order valence-corrected chi connectivity index (χ0v) is 12.5. The van der Waals surface area contributed by atoms with Crippen LogP contribution in [0, 0.1) is 0 Å². The van der Waals surface area contributed by atoms with Gasteiger partial charge in [-0.3, -0.25) is 4.90 Å². The van der Waals surface area contributed by atoms with E-state index in [0.717, 1.165) is 19.7 Å². The molecule has 0 aliphatic rings. The lowest BCUT2D eigenvalue weighted by atomic mass is 10.1. The van der Waals surface area contributed by atoms with Gasteiger partial charge < -0.3 is 10.1 Å². The highest BCUT2D eigenvalue weighted by Gasteiger charge is 2.11. The summed E-state index contributed by atoms with van der Waals surface area (Å²) in [6.07, 6.45) is 3.74. The zero-order valence-electron chi connectivity index (χ0n) is 12.5. The van der Waals surface area contributed by atoms with Crippen molar-refractivity contribution in [3.63, 3.8) is 0 Å². The Kier molecular flexibility index (Phi) is 10.9. The minimum absolute atomic E-state index is 0.531. The molecule has 0 radical (unpaired) electrons. The number of methoxy groups -OCH3 is 1. The Bertz CT molecular complexity index is 164. The first-order valence-electron chi connectivity index (χ1n) is 7.12. The lowest BCUT2D eigenvalue weighted by Gasteiger charge is -2.27. The van der Waals surface area contributed by atoms with Gasteiger partial charge >= 0.3 is 0 Å². The van der Waals surface area contributed by atoms with Crippen LogP contribution in [0.3, 0.4) is 0 Å². The van der Waals surface area contributed by atoms with Crippen molar-refractivity contribution >= 4 is 0 Å². The van der Waals surface area contributed by atoms with E-state index in [-0.39, 0.29) is 0 Å².